The van der Waals surface area contributed by atoms with Crippen LogP contribution >= 0.6 is 0 Å². The molecular weight excluding hydrogens is 271 g/mol. The average Bonchev–Trinajstić information content (AvgIpc) is 2.27. The molecule has 0 aliphatic rings. The quantitative estimate of drug-likeness (QED) is 0.847. The Balaban J connectivity index is 3.33. The van der Waals surface area contributed by atoms with Gasteiger partial charge in [-0.3, -0.25) is 0 Å². The summed E-state index contributed by atoms with van der Waals surface area (Å²) in [5.41, 5.74) is 0. The van der Waals surface area contributed by atoms with Crippen molar-refractivity contribution in [3.8, 4) is 11.8 Å². The maximum atomic E-state index is 12.5. The lowest BCUT2D eigenvalue weighted by molar-refractivity contribution is -0.120. The third-order valence-electron chi connectivity index (χ3n) is 2.09. The molecule has 18 heavy (non-hydrogen) atoms. The minimum Gasteiger partial charge on any atom is -0.497 e. The molecule has 0 bridgehead atoms. The Morgan fingerprint density at radius 1 is 1.39 bits per heavy atom. The van der Waals surface area contributed by atoms with E-state index in [9.17, 15) is 21.6 Å². The number of halogens is 3. The highest BCUT2D eigenvalue weighted by molar-refractivity contribution is 7.92. The molecule has 0 aromatic heterocycles. The van der Waals surface area contributed by atoms with Gasteiger partial charge < -0.3 is 4.74 Å². The summed E-state index contributed by atoms with van der Waals surface area (Å²) < 4.78 is 65.4. The molecule has 1 unspecified atom stereocenters. The molecule has 98 valence electrons. The van der Waals surface area contributed by atoms with Crippen molar-refractivity contribution in [3.63, 3.8) is 0 Å². The standard InChI is InChI=1S/C10H8F3NO3S/c1-17-7-3-2-4-8(5-7)18(15,16)9(6-14)10(11,12)13/h2-5,9H,1H3. The van der Waals surface area contributed by atoms with Crippen LogP contribution in [0.15, 0.2) is 29.2 Å². The number of hydrogen-bond donors (Lipinski definition) is 0. The lowest BCUT2D eigenvalue weighted by Crippen LogP contribution is -2.35. The number of alkyl halides is 3. The summed E-state index contributed by atoms with van der Waals surface area (Å²) in [4.78, 5) is -0.606. The van der Waals surface area contributed by atoms with E-state index in [1.165, 1.54) is 19.2 Å². The Hall–Kier alpha value is -1.75. The first-order valence-electron chi connectivity index (χ1n) is 4.57. The molecule has 0 aliphatic carbocycles. The second-order valence-corrected chi connectivity index (χ2v) is 5.31. The lowest BCUT2D eigenvalue weighted by atomic mass is 10.3. The fraction of sp³-hybridized carbons (Fsp3) is 0.300. The first-order chi connectivity index (χ1) is 8.23. The van der Waals surface area contributed by atoms with Crippen molar-refractivity contribution in [2.24, 2.45) is 0 Å². The van der Waals surface area contributed by atoms with Crippen molar-refractivity contribution >= 4 is 9.84 Å². The van der Waals surface area contributed by atoms with Gasteiger partial charge in [0.25, 0.3) is 0 Å². The fourth-order valence-electron chi connectivity index (χ4n) is 1.23. The largest absolute Gasteiger partial charge is 0.497 e. The van der Waals surface area contributed by atoms with E-state index >= 15 is 0 Å². The number of benzene rings is 1. The van der Waals surface area contributed by atoms with E-state index in [-0.39, 0.29) is 5.75 Å². The number of methoxy groups -OCH3 is 1. The van der Waals surface area contributed by atoms with Gasteiger partial charge >= 0.3 is 6.18 Å². The molecule has 1 atom stereocenters. The maximum absolute atomic E-state index is 12.5. The van der Waals surface area contributed by atoms with E-state index < -0.39 is 26.2 Å². The van der Waals surface area contributed by atoms with Gasteiger partial charge in [-0.15, -0.1) is 0 Å². The Kier molecular flexibility index (Phi) is 3.86. The number of nitrogens with zero attached hydrogens (tertiary/aromatic N) is 1. The van der Waals surface area contributed by atoms with E-state index in [0.29, 0.717) is 0 Å². The molecule has 1 aromatic rings. The lowest BCUT2D eigenvalue weighted by Gasteiger charge is -2.14. The topological polar surface area (TPSA) is 67.2 Å². The van der Waals surface area contributed by atoms with Gasteiger partial charge in [0.2, 0.25) is 15.1 Å². The Labute approximate surface area is 102 Å². The molecule has 4 nitrogen and oxygen atoms in total. The SMILES string of the molecule is COc1cccc(S(=O)(=O)C(C#N)C(F)(F)F)c1. The minimum atomic E-state index is -5.14. The first-order valence-corrected chi connectivity index (χ1v) is 6.12. The highest BCUT2D eigenvalue weighted by atomic mass is 32.2. The molecule has 0 aliphatic heterocycles. The molecule has 0 N–H and O–H groups in total. The van der Waals surface area contributed by atoms with Crippen LogP contribution in [0.1, 0.15) is 0 Å². The second kappa shape index (κ2) is 4.86. The van der Waals surface area contributed by atoms with E-state index in [2.05, 4.69) is 0 Å². The van der Waals surface area contributed by atoms with Gasteiger partial charge in [0.15, 0.2) is 0 Å². The molecule has 0 heterocycles. The zero-order chi connectivity index (χ0) is 14.0. The summed E-state index contributed by atoms with van der Waals surface area (Å²) in [6.45, 7) is 0. The monoisotopic (exact) mass is 279 g/mol. The zero-order valence-electron chi connectivity index (χ0n) is 9.10. The third kappa shape index (κ3) is 2.73. The highest BCUT2D eigenvalue weighted by Gasteiger charge is 2.49. The van der Waals surface area contributed by atoms with Gasteiger partial charge in [0.1, 0.15) is 5.75 Å². The van der Waals surface area contributed by atoms with Crippen LogP contribution in [0.25, 0.3) is 0 Å². The smallest absolute Gasteiger partial charge is 0.418 e. The summed E-state index contributed by atoms with van der Waals surface area (Å²) in [6, 6.07) is 5.30. The van der Waals surface area contributed by atoms with Crippen molar-refractivity contribution in [3.05, 3.63) is 24.3 Å². The van der Waals surface area contributed by atoms with Gasteiger partial charge in [0, 0.05) is 0 Å². The van der Waals surface area contributed by atoms with Crippen LogP contribution in [-0.2, 0) is 9.84 Å². The van der Waals surface area contributed by atoms with Crippen LogP contribution in [0.3, 0.4) is 0 Å². The molecule has 0 radical (unpaired) electrons. The molecule has 0 saturated heterocycles. The summed E-state index contributed by atoms with van der Waals surface area (Å²) in [7, 11) is -3.56. The molecule has 8 heteroatoms. The average molecular weight is 279 g/mol. The van der Waals surface area contributed by atoms with Crippen molar-refractivity contribution in [1.82, 2.24) is 0 Å². The number of rotatable bonds is 3. The Morgan fingerprint density at radius 3 is 2.44 bits per heavy atom. The van der Waals surface area contributed by atoms with Gasteiger partial charge in [0.05, 0.1) is 18.1 Å². The predicted molar refractivity (Wildman–Crippen MR) is 55.6 cm³/mol. The van der Waals surface area contributed by atoms with Gasteiger partial charge in [-0.05, 0) is 18.2 Å². The Morgan fingerprint density at radius 2 is 2.00 bits per heavy atom. The van der Waals surface area contributed by atoms with Gasteiger partial charge in [-0.1, -0.05) is 6.07 Å². The summed E-state index contributed by atoms with van der Waals surface area (Å²) in [6.07, 6.45) is -5.14. The van der Waals surface area contributed by atoms with Crippen LogP contribution in [-0.4, -0.2) is 27.0 Å². The molecule has 1 rings (SSSR count). The number of sulfone groups is 1. The van der Waals surface area contributed by atoms with Crippen LogP contribution in [0, 0.1) is 11.3 Å². The molecule has 0 amide bonds. The summed E-state index contributed by atoms with van der Waals surface area (Å²) in [5, 5.41) is 5.32. The van der Waals surface area contributed by atoms with Crippen LogP contribution in [0.5, 0.6) is 5.75 Å². The van der Waals surface area contributed by atoms with E-state index in [0.717, 1.165) is 18.2 Å². The van der Waals surface area contributed by atoms with Crippen molar-refractivity contribution in [1.29, 1.82) is 5.26 Å². The number of hydrogen-bond acceptors (Lipinski definition) is 4. The summed E-state index contributed by atoms with van der Waals surface area (Å²) in [5.74, 6) is 0.0925. The molecule has 0 fully saturated rings. The van der Waals surface area contributed by atoms with Crippen LogP contribution in [0.2, 0.25) is 0 Å². The van der Waals surface area contributed by atoms with Crippen molar-refractivity contribution in [2.75, 3.05) is 7.11 Å². The molecular formula is C10H8F3NO3S. The second-order valence-electron chi connectivity index (χ2n) is 3.27. The van der Waals surface area contributed by atoms with Crippen LogP contribution < -0.4 is 4.74 Å². The third-order valence-corrected chi connectivity index (χ3v) is 4.00. The Bertz CT molecular complexity index is 575. The summed E-state index contributed by atoms with van der Waals surface area (Å²) >= 11 is 0. The minimum absolute atomic E-state index is 0.0925. The molecule has 1 aromatic carbocycles. The van der Waals surface area contributed by atoms with Gasteiger partial charge in [-0.25, -0.2) is 8.42 Å². The van der Waals surface area contributed by atoms with Crippen molar-refractivity contribution in [2.45, 2.75) is 16.3 Å². The fourth-order valence-corrected chi connectivity index (χ4v) is 2.54. The maximum Gasteiger partial charge on any atom is 0.418 e. The zero-order valence-corrected chi connectivity index (χ0v) is 9.92. The number of nitriles is 1. The molecule has 0 saturated carbocycles. The predicted octanol–water partition coefficient (Wildman–Crippen LogP) is 1.92. The first kappa shape index (κ1) is 14.3. The van der Waals surface area contributed by atoms with Crippen molar-refractivity contribution < 1.29 is 26.3 Å². The molecule has 0 spiro atoms. The highest BCUT2D eigenvalue weighted by Crippen LogP contribution is 2.31. The van der Waals surface area contributed by atoms with E-state index in [1.807, 2.05) is 0 Å². The van der Waals surface area contributed by atoms with E-state index in [1.54, 1.807) is 0 Å². The number of ether oxygens (including phenoxy) is 1. The normalized spacial score (nSPS) is 13.7. The van der Waals surface area contributed by atoms with Gasteiger partial charge in [-0.2, -0.15) is 18.4 Å². The van der Waals surface area contributed by atoms with Crippen LogP contribution in [0.4, 0.5) is 13.2 Å². The van der Waals surface area contributed by atoms with E-state index in [4.69, 9.17) is 10.00 Å².